The first-order chi connectivity index (χ1) is 13.4. The number of aliphatic hydroxyl groups excluding tert-OH is 3. The molecule has 0 bridgehead atoms. The molecule has 152 valence electrons. The summed E-state index contributed by atoms with van der Waals surface area (Å²) in [6.45, 7) is 2.56. The fourth-order valence-electron chi connectivity index (χ4n) is 3.32. The zero-order valence-corrected chi connectivity index (χ0v) is 17.4. The van der Waals surface area contributed by atoms with Crippen molar-refractivity contribution in [1.29, 1.82) is 0 Å². The van der Waals surface area contributed by atoms with Gasteiger partial charge < -0.3 is 24.8 Å². The normalized spacial score (nSPS) is 27.6. The van der Waals surface area contributed by atoms with Gasteiger partial charge in [-0.2, -0.15) is 0 Å². The molecule has 3 rings (SSSR count). The second kappa shape index (κ2) is 9.48. The molecular formula is C21H25ClO5S. The van der Waals surface area contributed by atoms with Crippen LogP contribution >= 0.6 is 23.4 Å². The fraction of sp³-hybridized carbons (Fsp3) is 0.429. The van der Waals surface area contributed by atoms with Gasteiger partial charge >= 0.3 is 0 Å². The quantitative estimate of drug-likeness (QED) is 0.661. The number of hydrogen-bond donors (Lipinski definition) is 3. The van der Waals surface area contributed by atoms with Gasteiger partial charge in [-0.3, -0.25) is 0 Å². The molecule has 1 aliphatic rings. The van der Waals surface area contributed by atoms with E-state index in [0.29, 0.717) is 23.6 Å². The number of aliphatic hydroxyl groups is 3. The molecular weight excluding hydrogens is 400 g/mol. The van der Waals surface area contributed by atoms with Gasteiger partial charge in [0, 0.05) is 5.02 Å². The Morgan fingerprint density at radius 2 is 1.75 bits per heavy atom. The minimum Gasteiger partial charge on any atom is -0.494 e. The molecule has 7 heteroatoms. The Morgan fingerprint density at radius 3 is 2.39 bits per heavy atom. The van der Waals surface area contributed by atoms with Crippen LogP contribution in [0.4, 0.5) is 0 Å². The van der Waals surface area contributed by atoms with Gasteiger partial charge in [-0.05, 0) is 54.5 Å². The molecule has 1 aliphatic heterocycles. The maximum atomic E-state index is 10.4. The van der Waals surface area contributed by atoms with Crippen LogP contribution in [0.5, 0.6) is 5.75 Å². The second-order valence-corrected chi connectivity index (χ2v) is 8.08. The summed E-state index contributed by atoms with van der Waals surface area (Å²) in [6, 6.07) is 13.3. The number of halogens is 1. The Balaban J connectivity index is 1.82. The van der Waals surface area contributed by atoms with Gasteiger partial charge in [0.05, 0.1) is 6.61 Å². The van der Waals surface area contributed by atoms with Crippen LogP contribution in [-0.4, -0.2) is 51.9 Å². The summed E-state index contributed by atoms with van der Waals surface area (Å²) < 4.78 is 11.3. The summed E-state index contributed by atoms with van der Waals surface area (Å²) in [5.74, 6) is 0.820. The number of thioether (sulfide) groups is 1. The van der Waals surface area contributed by atoms with E-state index in [1.807, 2.05) is 37.3 Å². The molecule has 0 spiro atoms. The molecule has 1 fully saturated rings. The maximum Gasteiger partial charge on any atom is 0.132 e. The molecule has 0 aromatic heterocycles. The zero-order valence-electron chi connectivity index (χ0n) is 15.8. The topological polar surface area (TPSA) is 79.2 Å². The molecule has 0 saturated carbocycles. The van der Waals surface area contributed by atoms with E-state index in [1.54, 1.807) is 18.4 Å². The van der Waals surface area contributed by atoms with E-state index in [1.165, 1.54) is 11.8 Å². The summed E-state index contributed by atoms with van der Waals surface area (Å²) in [5.41, 5.74) is 2.06. The van der Waals surface area contributed by atoms with E-state index in [9.17, 15) is 15.3 Å². The molecule has 2 aromatic carbocycles. The number of hydrogen-bond acceptors (Lipinski definition) is 6. The van der Waals surface area contributed by atoms with Gasteiger partial charge in [0.2, 0.25) is 0 Å². The minimum absolute atomic E-state index is 0.610. The summed E-state index contributed by atoms with van der Waals surface area (Å²) in [6.07, 6.45) is -1.99. The van der Waals surface area contributed by atoms with Gasteiger partial charge in [-0.15, -0.1) is 11.8 Å². The smallest absolute Gasteiger partial charge is 0.132 e. The third-order valence-corrected chi connectivity index (χ3v) is 6.05. The third kappa shape index (κ3) is 4.64. The van der Waals surface area contributed by atoms with E-state index >= 15 is 0 Å². The van der Waals surface area contributed by atoms with Crippen molar-refractivity contribution in [2.24, 2.45) is 0 Å². The molecule has 2 aromatic rings. The Bertz CT molecular complexity index is 783. The number of benzene rings is 2. The summed E-state index contributed by atoms with van der Waals surface area (Å²) >= 11 is 7.68. The lowest BCUT2D eigenvalue weighted by molar-refractivity contribution is -0.200. The Hall–Kier alpha value is -1.28. The molecule has 0 amide bonds. The zero-order chi connectivity index (χ0) is 20.3. The Kier molecular flexibility index (Phi) is 7.25. The highest BCUT2D eigenvalue weighted by Gasteiger charge is 2.44. The first-order valence-corrected chi connectivity index (χ1v) is 10.8. The van der Waals surface area contributed by atoms with Gasteiger partial charge in [0.15, 0.2) is 0 Å². The van der Waals surface area contributed by atoms with Crippen LogP contribution in [0.2, 0.25) is 5.02 Å². The van der Waals surface area contributed by atoms with Crippen LogP contribution in [0.25, 0.3) is 0 Å². The highest BCUT2D eigenvalue weighted by atomic mass is 35.5. The van der Waals surface area contributed by atoms with Crippen LogP contribution < -0.4 is 4.74 Å². The van der Waals surface area contributed by atoms with Crippen molar-refractivity contribution in [3.63, 3.8) is 0 Å². The van der Waals surface area contributed by atoms with E-state index in [4.69, 9.17) is 21.1 Å². The van der Waals surface area contributed by atoms with Crippen LogP contribution in [0.15, 0.2) is 42.5 Å². The Labute approximate surface area is 174 Å². The summed E-state index contributed by atoms with van der Waals surface area (Å²) in [5, 5.41) is 31.2. The van der Waals surface area contributed by atoms with Gasteiger partial charge in [-0.25, -0.2) is 0 Å². The second-order valence-electron chi connectivity index (χ2n) is 6.74. The first kappa shape index (κ1) is 21.4. The van der Waals surface area contributed by atoms with E-state index < -0.39 is 29.9 Å². The molecule has 1 saturated heterocycles. The van der Waals surface area contributed by atoms with Crippen molar-refractivity contribution in [2.45, 2.75) is 43.2 Å². The molecule has 5 atom stereocenters. The molecule has 0 radical (unpaired) electrons. The molecule has 5 nitrogen and oxygen atoms in total. The van der Waals surface area contributed by atoms with Crippen molar-refractivity contribution in [3.8, 4) is 5.75 Å². The van der Waals surface area contributed by atoms with Crippen molar-refractivity contribution in [1.82, 2.24) is 0 Å². The largest absolute Gasteiger partial charge is 0.494 e. The minimum atomic E-state index is -1.28. The van der Waals surface area contributed by atoms with Crippen molar-refractivity contribution in [3.05, 3.63) is 64.2 Å². The van der Waals surface area contributed by atoms with E-state index in [0.717, 1.165) is 16.9 Å². The van der Waals surface area contributed by atoms with Crippen molar-refractivity contribution in [2.75, 3.05) is 12.9 Å². The van der Waals surface area contributed by atoms with Gasteiger partial charge in [0.1, 0.15) is 35.6 Å². The summed E-state index contributed by atoms with van der Waals surface area (Å²) in [4.78, 5) is 0. The molecule has 28 heavy (non-hydrogen) atoms. The van der Waals surface area contributed by atoms with Crippen LogP contribution in [0, 0.1) is 0 Å². The van der Waals surface area contributed by atoms with Crippen LogP contribution in [0.1, 0.15) is 29.7 Å². The van der Waals surface area contributed by atoms with Crippen LogP contribution in [0.3, 0.4) is 0 Å². The Morgan fingerprint density at radius 1 is 1.04 bits per heavy atom. The van der Waals surface area contributed by atoms with Gasteiger partial charge in [0.25, 0.3) is 0 Å². The maximum absolute atomic E-state index is 10.4. The van der Waals surface area contributed by atoms with E-state index in [2.05, 4.69) is 0 Å². The lowest BCUT2D eigenvalue weighted by Gasteiger charge is -2.40. The molecule has 5 unspecified atom stereocenters. The van der Waals surface area contributed by atoms with Crippen molar-refractivity contribution < 1.29 is 24.8 Å². The standard InChI is InChI=1S/C21H25ClO5S/c1-3-26-15-7-4-12(5-8-15)10-14-11-13(6-9-16(14)22)20-18(24)17(23)19(25)21(27-20)28-2/h4-9,11,17-21,23-25H,3,10H2,1-2H3. The predicted octanol–water partition coefficient (Wildman–Crippen LogP) is 3.17. The molecule has 1 heterocycles. The van der Waals surface area contributed by atoms with Crippen molar-refractivity contribution >= 4 is 23.4 Å². The average Bonchev–Trinajstić information content (AvgIpc) is 2.70. The SMILES string of the molecule is CCOc1ccc(Cc2cc(C3OC(SC)C(O)C(O)C3O)ccc2Cl)cc1. The predicted molar refractivity (Wildman–Crippen MR) is 111 cm³/mol. The number of rotatable bonds is 6. The monoisotopic (exact) mass is 424 g/mol. The van der Waals surface area contributed by atoms with Crippen LogP contribution in [-0.2, 0) is 11.2 Å². The highest BCUT2D eigenvalue weighted by molar-refractivity contribution is 7.99. The highest BCUT2D eigenvalue weighted by Crippen LogP contribution is 2.37. The molecule has 3 N–H and O–H groups in total. The third-order valence-electron chi connectivity index (χ3n) is 4.83. The van der Waals surface area contributed by atoms with E-state index in [-0.39, 0.29) is 0 Å². The fourth-order valence-corrected chi connectivity index (χ4v) is 4.17. The van der Waals surface area contributed by atoms with Gasteiger partial charge in [-0.1, -0.05) is 35.9 Å². The molecule has 0 aliphatic carbocycles. The lowest BCUT2D eigenvalue weighted by Crippen LogP contribution is -2.52. The number of ether oxygens (including phenoxy) is 2. The summed E-state index contributed by atoms with van der Waals surface area (Å²) in [7, 11) is 0. The first-order valence-electron chi connectivity index (χ1n) is 9.17. The lowest BCUT2D eigenvalue weighted by atomic mass is 9.92. The average molecular weight is 425 g/mol.